The largest absolute Gasteiger partial charge is 0.338 e. The molecule has 1 aliphatic heterocycles. The standard InChI is InChI=1S/C22H15ClFN3O/c23-19-20(13-9-11-14(24)12-10-13)27(22(19)28)18-8-4-1-5-15(18)21-25-16-6-2-3-7-17(16)26-21/h1-12,19-20H,(H,25,26). The molecule has 1 amide bonds. The highest BCUT2D eigenvalue weighted by Crippen LogP contribution is 2.45. The molecule has 1 aromatic heterocycles. The van der Waals surface area contributed by atoms with Crippen LogP contribution < -0.4 is 4.90 Å². The monoisotopic (exact) mass is 391 g/mol. The van der Waals surface area contributed by atoms with E-state index in [2.05, 4.69) is 9.97 Å². The lowest BCUT2D eigenvalue weighted by Crippen LogP contribution is -2.56. The van der Waals surface area contributed by atoms with Crippen molar-refractivity contribution in [3.05, 3.63) is 84.2 Å². The molecule has 0 radical (unpaired) electrons. The number of fused-ring (bicyclic) bond motifs is 1. The number of halogens is 2. The van der Waals surface area contributed by atoms with Gasteiger partial charge in [-0.15, -0.1) is 11.6 Å². The van der Waals surface area contributed by atoms with E-state index in [0.29, 0.717) is 5.82 Å². The van der Waals surface area contributed by atoms with E-state index >= 15 is 0 Å². The van der Waals surface area contributed by atoms with Crippen molar-refractivity contribution in [3.8, 4) is 11.4 Å². The van der Waals surface area contributed by atoms with Gasteiger partial charge >= 0.3 is 0 Å². The van der Waals surface area contributed by atoms with Crippen LogP contribution in [-0.4, -0.2) is 21.3 Å². The Kier molecular flexibility index (Phi) is 3.91. The number of hydrogen-bond donors (Lipinski definition) is 1. The number of benzene rings is 3. The van der Waals surface area contributed by atoms with E-state index in [1.165, 1.54) is 12.1 Å². The molecule has 1 fully saturated rings. The zero-order chi connectivity index (χ0) is 19.3. The Hall–Kier alpha value is -3.18. The van der Waals surface area contributed by atoms with Crippen molar-refractivity contribution in [1.29, 1.82) is 0 Å². The molecule has 5 rings (SSSR count). The van der Waals surface area contributed by atoms with Gasteiger partial charge in [0, 0.05) is 5.56 Å². The summed E-state index contributed by atoms with van der Waals surface area (Å²) in [7, 11) is 0. The molecule has 2 atom stereocenters. The number of imidazole rings is 1. The third kappa shape index (κ3) is 2.59. The first-order valence-corrected chi connectivity index (χ1v) is 9.34. The minimum atomic E-state index is -0.686. The number of H-pyrrole nitrogens is 1. The van der Waals surface area contributed by atoms with Gasteiger partial charge in [-0.2, -0.15) is 0 Å². The van der Waals surface area contributed by atoms with Crippen LogP contribution in [0.3, 0.4) is 0 Å². The van der Waals surface area contributed by atoms with Crippen LogP contribution in [0.15, 0.2) is 72.8 Å². The Bertz CT molecular complexity index is 1150. The van der Waals surface area contributed by atoms with Crippen LogP contribution >= 0.6 is 11.6 Å². The second-order valence-electron chi connectivity index (χ2n) is 6.73. The van der Waals surface area contributed by atoms with Gasteiger partial charge in [0.25, 0.3) is 0 Å². The zero-order valence-corrected chi connectivity index (χ0v) is 15.4. The summed E-state index contributed by atoms with van der Waals surface area (Å²) >= 11 is 6.34. The Labute approximate surface area is 165 Å². The SMILES string of the molecule is O=C1C(Cl)C(c2ccc(F)cc2)N1c1ccccc1-c1nc2ccccc2[nH]1. The van der Waals surface area contributed by atoms with Crippen LogP contribution in [0, 0.1) is 5.82 Å². The van der Waals surface area contributed by atoms with Crippen LogP contribution in [0.4, 0.5) is 10.1 Å². The van der Waals surface area contributed by atoms with Crippen molar-refractivity contribution in [2.24, 2.45) is 0 Å². The molecule has 4 nitrogen and oxygen atoms in total. The first kappa shape index (κ1) is 17.0. The maximum Gasteiger partial charge on any atom is 0.248 e. The lowest BCUT2D eigenvalue weighted by Gasteiger charge is -2.45. The number of aromatic amines is 1. The number of alkyl halides is 1. The molecule has 1 saturated heterocycles. The summed E-state index contributed by atoms with van der Waals surface area (Å²) in [5.41, 5.74) is 4.10. The summed E-state index contributed by atoms with van der Waals surface area (Å²) in [6.45, 7) is 0. The first-order valence-electron chi connectivity index (χ1n) is 8.90. The minimum absolute atomic E-state index is 0.181. The predicted octanol–water partition coefficient (Wildman–Crippen LogP) is 5.06. The molecule has 6 heteroatoms. The van der Waals surface area contributed by atoms with E-state index in [4.69, 9.17) is 11.6 Å². The number of rotatable bonds is 3. The number of β-lactam (4-membered cyclic amide) rings is 1. The Morgan fingerprint density at radius 2 is 1.68 bits per heavy atom. The predicted molar refractivity (Wildman–Crippen MR) is 108 cm³/mol. The number of para-hydroxylation sites is 3. The third-order valence-electron chi connectivity index (χ3n) is 5.05. The Balaban J connectivity index is 1.61. The number of nitrogens with one attached hydrogen (secondary N) is 1. The number of carbonyl (C=O) groups excluding carboxylic acids is 1. The van der Waals surface area contributed by atoms with Crippen molar-refractivity contribution in [1.82, 2.24) is 9.97 Å². The molecule has 3 aromatic carbocycles. The molecule has 2 heterocycles. The lowest BCUT2D eigenvalue weighted by molar-refractivity contribution is -0.123. The maximum atomic E-state index is 13.3. The molecule has 2 unspecified atom stereocenters. The van der Waals surface area contributed by atoms with Crippen molar-refractivity contribution in [2.75, 3.05) is 4.90 Å². The van der Waals surface area contributed by atoms with Crippen LogP contribution in [0.2, 0.25) is 0 Å². The van der Waals surface area contributed by atoms with Crippen LogP contribution in [0.5, 0.6) is 0 Å². The molecular weight excluding hydrogens is 377 g/mol. The van der Waals surface area contributed by atoms with Crippen molar-refractivity contribution < 1.29 is 9.18 Å². The van der Waals surface area contributed by atoms with Gasteiger partial charge in [0.05, 0.1) is 22.8 Å². The molecule has 0 bridgehead atoms. The third-order valence-corrected chi connectivity index (χ3v) is 5.47. The van der Waals surface area contributed by atoms with Gasteiger partial charge in [-0.3, -0.25) is 4.79 Å². The summed E-state index contributed by atoms with van der Waals surface area (Å²) in [5.74, 6) is 0.176. The smallest absolute Gasteiger partial charge is 0.248 e. The Morgan fingerprint density at radius 3 is 2.46 bits per heavy atom. The average molecular weight is 392 g/mol. The number of nitrogens with zero attached hydrogens (tertiary/aromatic N) is 2. The summed E-state index contributed by atoms with van der Waals surface area (Å²) in [6.07, 6.45) is 0. The van der Waals surface area contributed by atoms with Crippen LogP contribution in [0.1, 0.15) is 11.6 Å². The number of anilines is 1. The van der Waals surface area contributed by atoms with Crippen molar-refractivity contribution in [2.45, 2.75) is 11.4 Å². The van der Waals surface area contributed by atoms with Gasteiger partial charge in [-0.05, 0) is 42.0 Å². The fourth-order valence-electron chi connectivity index (χ4n) is 3.66. The van der Waals surface area contributed by atoms with Gasteiger partial charge < -0.3 is 9.88 Å². The van der Waals surface area contributed by atoms with E-state index in [9.17, 15) is 9.18 Å². The van der Waals surface area contributed by atoms with E-state index in [0.717, 1.165) is 27.8 Å². The molecule has 138 valence electrons. The zero-order valence-electron chi connectivity index (χ0n) is 14.6. The van der Waals surface area contributed by atoms with E-state index in [-0.39, 0.29) is 17.8 Å². The van der Waals surface area contributed by atoms with Gasteiger partial charge in [-0.25, -0.2) is 9.37 Å². The highest BCUT2D eigenvalue weighted by atomic mass is 35.5. The van der Waals surface area contributed by atoms with Gasteiger partial charge in [-0.1, -0.05) is 36.4 Å². The molecule has 0 aliphatic carbocycles. The van der Waals surface area contributed by atoms with Gasteiger partial charge in [0.15, 0.2) is 0 Å². The molecule has 1 aliphatic rings. The second kappa shape index (κ2) is 6.46. The highest BCUT2D eigenvalue weighted by Gasteiger charge is 2.48. The average Bonchev–Trinajstić information content (AvgIpc) is 3.16. The number of carbonyl (C=O) groups is 1. The summed E-state index contributed by atoms with van der Waals surface area (Å²) in [5, 5.41) is -0.686. The number of hydrogen-bond acceptors (Lipinski definition) is 2. The summed E-state index contributed by atoms with van der Waals surface area (Å²) in [6, 6.07) is 21.1. The molecule has 4 aromatic rings. The van der Waals surface area contributed by atoms with Crippen LogP contribution in [0.25, 0.3) is 22.4 Å². The summed E-state index contributed by atoms with van der Waals surface area (Å²) < 4.78 is 13.3. The fourth-order valence-corrected chi connectivity index (χ4v) is 4.03. The van der Waals surface area contributed by atoms with E-state index in [1.807, 2.05) is 48.5 Å². The van der Waals surface area contributed by atoms with Gasteiger partial charge in [0.2, 0.25) is 5.91 Å². The normalized spacial score (nSPS) is 19.1. The molecular formula is C22H15ClFN3O. The van der Waals surface area contributed by atoms with Crippen molar-refractivity contribution >= 4 is 34.2 Å². The molecule has 28 heavy (non-hydrogen) atoms. The number of aromatic nitrogens is 2. The quantitative estimate of drug-likeness (QED) is 0.392. The molecule has 1 N–H and O–H groups in total. The van der Waals surface area contributed by atoms with Gasteiger partial charge in [0.1, 0.15) is 17.0 Å². The summed E-state index contributed by atoms with van der Waals surface area (Å²) in [4.78, 5) is 22.3. The number of amides is 1. The topological polar surface area (TPSA) is 49.0 Å². The Morgan fingerprint density at radius 1 is 0.964 bits per heavy atom. The molecule has 0 spiro atoms. The van der Waals surface area contributed by atoms with E-state index < -0.39 is 5.38 Å². The van der Waals surface area contributed by atoms with E-state index in [1.54, 1.807) is 17.0 Å². The van der Waals surface area contributed by atoms with Crippen LogP contribution in [-0.2, 0) is 4.79 Å². The second-order valence-corrected chi connectivity index (χ2v) is 7.20. The lowest BCUT2D eigenvalue weighted by atomic mass is 9.91. The first-order chi connectivity index (χ1) is 13.6. The fraction of sp³-hybridized carbons (Fsp3) is 0.0909. The van der Waals surface area contributed by atoms with Crippen molar-refractivity contribution in [3.63, 3.8) is 0 Å². The highest BCUT2D eigenvalue weighted by molar-refractivity contribution is 6.37. The maximum absolute atomic E-state index is 13.3. The minimum Gasteiger partial charge on any atom is -0.338 e. The molecule has 0 saturated carbocycles.